The molecule has 2 heterocycles. The van der Waals surface area contributed by atoms with E-state index in [9.17, 15) is 5.11 Å². The first kappa shape index (κ1) is 12.3. The maximum Gasteiger partial charge on any atom is 0.140 e. The van der Waals surface area contributed by atoms with Crippen LogP contribution in [0.5, 0.6) is 0 Å². The van der Waals surface area contributed by atoms with Gasteiger partial charge in [-0.25, -0.2) is 10.8 Å². The highest BCUT2D eigenvalue weighted by atomic mass is 16.3. The van der Waals surface area contributed by atoms with Gasteiger partial charge in [0, 0.05) is 13.1 Å². The number of hydrazine groups is 1. The number of nitrogens with one attached hydrogen (secondary N) is 1. The Hall–Kier alpha value is -1.17. The number of β-amino-alcohol motifs (C(OH)–C–C–N with tert-alkyl or cyclic N) is 1. The summed E-state index contributed by atoms with van der Waals surface area (Å²) in [5, 5.41) is 10.0. The molecule has 2 rings (SSSR count). The van der Waals surface area contributed by atoms with Gasteiger partial charge in [0.2, 0.25) is 0 Å². The molecule has 1 aromatic heterocycles. The van der Waals surface area contributed by atoms with Crippen molar-refractivity contribution in [1.82, 2.24) is 9.88 Å². The second kappa shape index (κ2) is 5.00. The van der Waals surface area contributed by atoms with Crippen molar-refractivity contribution in [2.45, 2.75) is 31.9 Å². The summed E-state index contributed by atoms with van der Waals surface area (Å²) in [6, 6.07) is 5.74. The van der Waals surface area contributed by atoms with Crippen LogP contribution in [0, 0.1) is 0 Å². The average Bonchev–Trinajstić information content (AvgIpc) is 2.28. The van der Waals surface area contributed by atoms with E-state index in [2.05, 4.69) is 15.3 Å². The Balaban J connectivity index is 2.00. The number of nitrogens with zero attached hydrogens (tertiary/aromatic N) is 2. The van der Waals surface area contributed by atoms with Gasteiger partial charge in [-0.15, -0.1) is 0 Å². The Bertz CT molecular complexity index is 381. The lowest BCUT2D eigenvalue weighted by molar-refractivity contribution is -0.0184. The number of anilines is 1. The van der Waals surface area contributed by atoms with Gasteiger partial charge in [-0.3, -0.25) is 4.90 Å². The summed E-state index contributed by atoms with van der Waals surface area (Å²) in [7, 11) is 0. The number of nitrogen functional groups attached to an aromatic ring is 1. The first-order valence-electron chi connectivity index (χ1n) is 5.96. The third-order valence-electron chi connectivity index (χ3n) is 3.09. The predicted molar refractivity (Wildman–Crippen MR) is 67.2 cm³/mol. The molecule has 94 valence electrons. The Morgan fingerprint density at radius 3 is 3.12 bits per heavy atom. The van der Waals surface area contributed by atoms with E-state index in [1.807, 2.05) is 25.1 Å². The zero-order valence-corrected chi connectivity index (χ0v) is 10.2. The van der Waals surface area contributed by atoms with Crippen molar-refractivity contribution in [2.24, 2.45) is 5.84 Å². The van der Waals surface area contributed by atoms with Crippen molar-refractivity contribution in [3.05, 3.63) is 23.9 Å². The monoisotopic (exact) mass is 236 g/mol. The molecule has 0 aromatic carbocycles. The van der Waals surface area contributed by atoms with Crippen LogP contribution < -0.4 is 11.3 Å². The smallest absolute Gasteiger partial charge is 0.140 e. The first-order chi connectivity index (χ1) is 8.09. The molecule has 0 bridgehead atoms. The fraction of sp³-hybridized carbons (Fsp3) is 0.583. The normalized spacial score (nSPS) is 25.8. The summed E-state index contributed by atoms with van der Waals surface area (Å²) in [5.74, 6) is 6.00. The molecule has 1 aliphatic heterocycles. The topological polar surface area (TPSA) is 74.4 Å². The molecule has 1 atom stereocenters. The van der Waals surface area contributed by atoms with Gasteiger partial charge in [0.15, 0.2) is 0 Å². The molecule has 4 N–H and O–H groups in total. The van der Waals surface area contributed by atoms with Gasteiger partial charge in [0.1, 0.15) is 5.82 Å². The maximum absolute atomic E-state index is 10.0. The minimum absolute atomic E-state index is 0.567. The maximum atomic E-state index is 10.0. The van der Waals surface area contributed by atoms with Crippen molar-refractivity contribution in [3.63, 3.8) is 0 Å². The summed E-state index contributed by atoms with van der Waals surface area (Å²) < 4.78 is 0. The van der Waals surface area contributed by atoms with Crippen molar-refractivity contribution in [2.75, 3.05) is 18.5 Å². The summed E-state index contributed by atoms with van der Waals surface area (Å²) in [5.41, 5.74) is 2.94. The van der Waals surface area contributed by atoms with Gasteiger partial charge in [-0.1, -0.05) is 6.07 Å². The van der Waals surface area contributed by atoms with Crippen molar-refractivity contribution < 1.29 is 5.11 Å². The molecule has 1 aliphatic rings. The Kier molecular flexibility index (Phi) is 3.61. The lowest BCUT2D eigenvalue weighted by Crippen LogP contribution is -2.45. The number of nitrogens with two attached hydrogens (primary N) is 1. The second-order valence-corrected chi connectivity index (χ2v) is 4.97. The number of aromatic nitrogens is 1. The molecule has 1 aromatic rings. The van der Waals surface area contributed by atoms with E-state index < -0.39 is 5.60 Å². The molecule has 0 radical (unpaired) electrons. The third-order valence-corrected chi connectivity index (χ3v) is 3.09. The van der Waals surface area contributed by atoms with E-state index in [-0.39, 0.29) is 0 Å². The first-order valence-corrected chi connectivity index (χ1v) is 5.96. The Morgan fingerprint density at radius 2 is 2.41 bits per heavy atom. The van der Waals surface area contributed by atoms with Gasteiger partial charge in [0.25, 0.3) is 0 Å². The van der Waals surface area contributed by atoms with E-state index in [0.29, 0.717) is 12.4 Å². The Morgan fingerprint density at radius 1 is 1.59 bits per heavy atom. The molecule has 0 saturated carbocycles. The highest BCUT2D eigenvalue weighted by Gasteiger charge is 2.28. The Labute approximate surface area is 102 Å². The van der Waals surface area contributed by atoms with Crippen molar-refractivity contribution >= 4 is 5.82 Å². The SMILES string of the molecule is CC1(O)CCCN(Cc2cccc(NN)n2)C1. The predicted octanol–water partition coefficient (Wildman–Crippen LogP) is 0.714. The summed E-state index contributed by atoms with van der Waals surface area (Å²) in [4.78, 5) is 6.60. The fourth-order valence-electron chi connectivity index (χ4n) is 2.34. The summed E-state index contributed by atoms with van der Waals surface area (Å²) in [6.07, 6.45) is 1.91. The van der Waals surface area contributed by atoms with Crippen LogP contribution in [0.3, 0.4) is 0 Å². The molecule has 17 heavy (non-hydrogen) atoms. The van der Waals surface area contributed by atoms with E-state index in [1.165, 1.54) is 0 Å². The average molecular weight is 236 g/mol. The number of likely N-dealkylation sites (tertiary alicyclic amines) is 1. The zero-order chi connectivity index (χ0) is 12.3. The summed E-state index contributed by atoms with van der Waals surface area (Å²) in [6.45, 7) is 4.36. The minimum atomic E-state index is -0.567. The van der Waals surface area contributed by atoms with E-state index in [4.69, 9.17) is 5.84 Å². The van der Waals surface area contributed by atoms with Crippen LogP contribution in [0.25, 0.3) is 0 Å². The zero-order valence-electron chi connectivity index (χ0n) is 10.2. The van der Waals surface area contributed by atoms with E-state index in [1.54, 1.807) is 0 Å². The van der Waals surface area contributed by atoms with E-state index in [0.717, 1.165) is 31.6 Å². The number of rotatable bonds is 3. The summed E-state index contributed by atoms with van der Waals surface area (Å²) >= 11 is 0. The fourth-order valence-corrected chi connectivity index (χ4v) is 2.34. The van der Waals surface area contributed by atoms with Crippen LogP contribution >= 0.6 is 0 Å². The van der Waals surface area contributed by atoms with Crippen molar-refractivity contribution in [1.29, 1.82) is 0 Å². The molecule has 0 spiro atoms. The van der Waals surface area contributed by atoms with Gasteiger partial charge < -0.3 is 10.5 Å². The quantitative estimate of drug-likeness (QED) is 0.532. The minimum Gasteiger partial charge on any atom is -0.389 e. The number of hydrogen-bond donors (Lipinski definition) is 3. The number of aliphatic hydroxyl groups is 1. The third kappa shape index (κ3) is 3.39. The van der Waals surface area contributed by atoms with Crippen LogP contribution in [0.1, 0.15) is 25.5 Å². The van der Waals surface area contributed by atoms with E-state index >= 15 is 0 Å². The molecular weight excluding hydrogens is 216 g/mol. The van der Waals surface area contributed by atoms with Crippen LogP contribution in [-0.2, 0) is 6.54 Å². The van der Waals surface area contributed by atoms with Gasteiger partial charge in [0.05, 0.1) is 11.3 Å². The molecule has 1 fully saturated rings. The number of pyridine rings is 1. The van der Waals surface area contributed by atoms with Gasteiger partial charge in [-0.05, 0) is 38.4 Å². The molecule has 1 saturated heterocycles. The lowest BCUT2D eigenvalue weighted by Gasteiger charge is -2.36. The van der Waals surface area contributed by atoms with Gasteiger partial charge >= 0.3 is 0 Å². The highest BCUT2D eigenvalue weighted by molar-refractivity contribution is 5.33. The second-order valence-electron chi connectivity index (χ2n) is 4.97. The van der Waals surface area contributed by atoms with Crippen molar-refractivity contribution in [3.8, 4) is 0 Å². The number of piperidine rings is 1. The molecule has 5 nitrogen and oxygen atoms in total. The van der Waals surface area contributed by atoms with Gasteiger partial charge in [-0.2, -0.15) is 0 Å². The molecule has 0 amide bonds. The molecule has 0 aliphatic carbocycles. The van der Waals surface area contributed by atoms with Crippen LogP contribution in [-0.4, -0.2) is 33.7 Å². The van der Waals surface area contributed by atoms with Crippen LogP contribution in [0.15, 0.2) is 18.2 Å². The standard InChI is InChI=1S/C12H20N4O/c1-12(17)6-3-7-16(9-12)8-10-4-2-5-11(14-10)15-13/h2,4-5,17H,3,6-9,13H2,1H3,(H,14,15). The lowest BCUT2D eigenvalue weighted by atomic mass is 9.95. The largest absolute Gasteiger partial charge is 0.389 e. The molecule has 5 heteroatoms. The van der Waals surface area contributed by atoms with Crippen LogP contribution in [0.2, 0.25) is 0 Å². The highest BCUT2D eigenvalue weighted by Crippen LogP contribution is 2.21. The number of hydrogen-bond acceptors (Lipinski definition) is 5. The van der Waals surface area contributed by atoms with Crippen LogP contribution in [0.4, 0.5) is 5.82 Å². The molecule has 1 unspecified atom stereocenters. The molecular formula is C12H20N4O.